The lowest BCUT2D eigenvalue weighted by Gasteiger charge is -2.30. The van der Waals surface area contributed by atoms with E-state index in [9.17, 15) is 14.4 Å². The standard InChI is InChI=1S/C21H23N5O3S/c1-13-5-4-8-25(10-13)21-24-19-18(30-21)20(29)26(12-22-19)11-17(28)23-16-7-3-6-15(9-16)14(2)27/h3,6-7,9,12-13H,4-5,8,10-11H2,1-2H3,(H,23,28)/t13-/m1/s1. The van der Waals surface area contributed by atoms with Crippen molar-refractivity contribution in [2.24, 2.45) is 5.92 Å². The molecule has 0 radical (unpaired) electrons. The largest absolute Gasteiger partial charge is 0.348 e. The van der Waals surface area contributed by atoms with Crippen molar-refractivity contribution in [3.8, 4) is 0 Å². The molecule has 1 aliphatic rings. The first-order valence-corrected chi connectivity index (χ1v) is 10.7. The molecule has 30 heavy (non-hydrogen) atoms. The molecule has 1 fully saturated rings. The summed E-state index contributed by atoms with van der Waals surface area (Å²) < 4.78 is 1.74. The molecule has 1 N–H and O–H groups in total. The fourth-order valence-electron chi connectivity index (χ4n) is 3.62. The molecule has 3 aromatic rings. The van der Waals surface area contributed by atoms with E-state index in [1.165, 1.54) is 35.6 Å². The topological polar surface area (TPSA) is 97.2 Å². The average Bonchev–Trinajstić information content (AvgIpc) is 3.15. The van der Waals surface area contributed by atoms with Gasteiger partial charge in [0.1, 0.15) is 17.6 Å². The van der Waals surface area contributed by atoms with Crippen molar-refractivity contribution in [2.45, 2.75) is 33.2 Å². The van der Waals surface area contributed by atoms with Gasteiger partial charge in [-0.05, 0) is 37.8 Å². The number of fused-ring (bicyclic) bond motifs is 1. The maximum atomic E-state index is 12.9. The van der Waals surface area contributed by atoms with Gasteiger partial charge >= 0.3 is 0 Å². The minimum Gasteiger partial charge on any atom is -0.348 e. The normalized spacial score (nSPS) is 16.6. The summed E-state index contributed by atoms with van der Waals surface area (Å²) in [5, 5.41) is 3.53. The molecule has 4 rings (SSSR count). The number of aromatic nitrogens is 3. The van der Waals surface area contributed by atoms with E-state index in [2.05, 4.69) is 27.1 Å². The van der Waals surface area contributed by atoms with Gasteiger partial charge in [0.15, 0.2) is 16.6 Å². The Bertz CT molecular complexity index is 1170. The quantitative estimate of drug-likeness (QED) is 0.632. The number of rotatable bonds is 5. The number of benzene rings is 1. The highest BCUT2D eigenvalue weighted by atomic mass is 32.1. The summed E-state index contributed by atoms with van der Waals surface area (Å²) in [6.07, 6.45) is 3.68. The van der Waals surface area contributed by atoms with Crippen molar-refractivity contribution in [3.63, 3.8) is 0 Å². The first-order chi connectivity index (χ1) is 14.4. The van der Waals surface area contributed by atoms with Crippen molar-refractivity contribution < 1.29 is 9.59 Å². The summed E-state index contributed by atoms with van der Waals surface area (Å²) >= 11 is 1.33. The van der Waals surface area contributed by atoms with Crippen molar-refractivity contribution >= 4 is 44.2 Å². The van der Waals surface area contributed by atoms with Gasteiger partial charge in [0.25, 0.3) is 5.56 Å². The number of thiazole rings is 1. The maximum absolute atomic E-state index is 12.9. The highest BCUT2D eigenvalue weighted by Crippen LogP contribution is 2.29. The van der Waals surface area contributed by atoms with E-state index >= 15 is 0 Å². The molecule has 0 aliphatic carbocycles. The van der Waals surface area contributed by atoms with Gasteiger partial charge in [0.05, 0.1) is 0 Å². The lowest BCUT2D eigenvalue weighted by Crippen LogP contribution is -2.34. The smallest absolute Gasteiger partial charge is 0.273 e. The Morgan fingerprint density at radius 2 is 2.17 bits per heavy atom. The number of anilines is 2. The molecule has 1 aliphatic heterocycles. The predicted octanol–water partition coefficient (Wildman–Crippen LogP) is 2.93. The van der Waals surface area contributed by atoms with Crippen LogP contribution in [0.2, 0.25) is 0 Å². The van der Waals surface area contributed by atoms with Crippen LogP contribution in [0.5, 0.6) is 0 Å². The van der Waals surface area contributed by atoms with Crippen LogP contribution in [-0.2, 0) is 11.3 Å². The highest BCUT2D eigenvalue weighted by molar-refractivity contribution is 7.22. The third kappa shape index (κ3) is 4.25. The molecule has 9 heteroatoms. The molecule has 1 saturated heterocycles. The van der Waals surface area contributed by atoms with Crippen molar-refractivity contribution in [1.29, 1.82) is 0 Å². The Hall–Kier alpha value is -3.07. The number of carbonyl (C=O) groups is 2. The third-order valence-corrected chi connectivity index (χ3v) is 6.26. The van der Waals surface area contributed by atoms with Gasteiger partial charge in [-0.15, -0.1) is 0 Å². The minimum atomic E-state index is -0.367. The van der Waals surface area contributed by atoms with Crippen molar-refractivity contribution in [3.05, 3.63) is 46.5 Å². The van der Waals surface area contributed by atoms with Crippen LogP contribution in [0.1, 0.15) is 37.0 Å². The number of nitrogens with zero attached hydrogens (tertiary/aromatic N) is 4. The molecule has 2 aromatic heterocycles. The zero-order chi connectivity index (χ0) is 21.3. The van der Waals surface area contributed by atoms with Crippen molar-refractivity contribution in [2.75, 3.05) is 23.3 Å². The summed E-state index contributed by atoms with van der Waals surface area (Å²) in [4.78, 5) is 47.8. The number of hydrogen-bond acceptors (Lipinski definition) is 7. The summed E-state index contributed by atoms with van der Waals surface area (Å²) in [6, 6.07) is 6.69. The fraction of sp³-hybridized carbons (Fsp3) is 0.381. The monoisotopic (exact) mass is 425 g/mol. The summed E-state index contributed by atoms with van der Waals surface area (Å²) in [6.45, 7) is 5.38. The molecule has 0 saturated carbocycles. The molecule has 1 atom stereocenters. The van der Waals surface area contributed by atoms with E-state index in [4.69, 9.17) is 0 Å². The number of hydrogen-bond donors (Lipinski definition) is 1. The van der Waals surface area contributed by atoms with Gasteiger partial charge in [-0.2, -0.15) is 4.98 Å². The number of carbonyl (C=O) groups excluding carboxylic acids is 2. The molecule has 0 bridgehead atoms. The highest BCUT2D eigenvalue weighted by Gasteiger charge is 2.21. The van der Waals surface area contributed by atoms with Gasteiger partial charge in [-0.25, -0.2) is 4.98 Å². The molecular formula is C21H23N5O3S. The summed E-state index contributed by atoms with van der Waals surface area (Å²) in [7, 11) is 0. The number of amides is 1. The Labute approximate surface area is 177 Å². The Balaban J connectivity index is 1.52. The van der Waals surface area contributed by atoms with Crippen LogP contribution in [0.3, 0.4) is 0 Å². The van der Waals surface area contributed by atoms with Crippen molar-refractivity contribution in [1.82, 2.24) is 14.5 Å². The number of nitrogens with one attached hydrogen (secondary N) is 1. The van der Waals surface area contributed by atoms with E-state index in [-0.39, 0.29) is 23.8 Å². The first kappa shape index (κ1) is 20.2. The summed E-state index contributed by atoms with van der Waals surface area (Å²) in [5.74, 6) is 0.148. The second-order valence-corrected chi connectivity index (χ2v) is 8.68. The van der Waals surface area contributed by atoms with Gasteiger partial charge in [0, 0.05) is 24.3 Å². The van der Waals surface area contributed by atoms with Gasteiger partial charge in [-0.3, -0.25) is 19.0 Å². The molecule has 1 amide bonds. The molecule has 3 heterocycles. The second-order valence-electron chi connectivity index (χ2n) is 7.71. The lowest BCUT2D eigenvalue weighted by atomic mass is 10.0. The van der Waals surface area contributed by atoms with Crippen LogP contribution >= 0.6 is 11.3 Å². The zero-order valence-corrected chi connectivity index (χ0v) is 17.7. The molecular weight excluding hydrogens is 402 g/mol. The fourth-order valence-corrected chi connectivity index (χ4v) is 4.62. The van der Waals surface area contributed by atoms with Crippen LogP contribution < -0.4 is 15.8 Å². The van der Waals surface area contributed by atoms with E-state index in [0.29, 0.717) is 27.5 Å². The van der Waals surface area contributed by atoms with E-state index in [1.54, 1.807) is 24.3 Å². The van der Waals surface area contributed by atoms with Gasteiger partial charge in [-0.1, -0.05) is 30.4 Å². The first-order valence-electron chi connectivity index (χ1n) is 9.92. The van der Waals surface area contributed by atoms with E-state index in [1.807, 2.05) is 0 Å². The molecule has 0 unspecified atom stereocenters. The van der Waals surface area contributed by atoms with Crippen LogP contribution in [0.15, 0.2) is 35.4 Å². The molecule has 156 valence electrons. The molecule has 1 aromatic carbocycles. The number of ketones is 1. The minimum absolute atomic E-state index is 0.0823. The lowest BCUT2D eigenvalue weighted by molar-refractivity contribution is -0.116. The van der Waals surface area contributed by atoms with E-state index in [0.717, 1.165) is 24.6 Å². The third-order valence-electron chi connectivity index (χ3n) is 5.17. The Morgan fingerprint density at radius 1 is 1.33 bits per heavy atom. The van der Waals surface area contributed by atoms with Gasteiger partial charge < -0.3 is 10.2 Å². The van der Waals surface area contributed by atoms with Crippen LogP contribution in [0, 0.1) is 5.92 Å². The number of Topliss-reactive ketones (excluding diaryl/α,β-unsaturated/α-hetero) is 1. The average molecular weight is 426 g/mol. The second kappa shape index (κ2) is 8.35. The molecule has 0 spiro atoms. The maximum Gasteiger partial charge on any atom is 0.273 e. The summed E-state index contributed by atoms with van der Waals surface area (Å²) in [5.41, 5.74) is 1.16. The number of piperidine rings is 1. The SMILES string of the molecule is CC(=O)c1cccc(NC(=O)Cn2cnc3nc(N4CCC[C@@H](C)C4)sc3c2=O)c1. The molecule has 8 nitrogen and oxygen atoms in total. The van der Waals surface area contributed by atoms with E-state index < -0.39 is 0 Å². The Kier molecular flexibility index (Phi) is 5.63. The van der Waals surface area contributed by atoms with Crippen LogP contribution in [0.25, 0.3) is 10.3 Å². The van der Waals surface area contributed by atoms with Gasteiger partial charge in [0.2, 0.25) is 5.91 Å². The van der Waals surface area contributed by atoms with Crippen LogP contribution in [0.4, 0.5) is 10.8 Å². The zero-order valence-electron chi connectivity index (χ0n) is 16.9. The predicted molar refractivity (Wildman–Crippen MR) is 117 cm³/mol. The van der Waals surface area contributed by atoms with Crippen LogP contribution in [-0.4, -0.2) is 39.3 Å². The Morgan fingerprint density at radius 3 is 2.93 bits per heavy atom.